The second-order valence-corrected chi connectivity index (χ2v) is 13.1. The molecule has 1 spiro atoms. The molecule has 0 aliphatic carbocycles. The molecule has 6 rings (SSSR count). The number of rotatable bonds is 14. The molecule has 8 heteroatoms. The predicted molar refractivity (Wildman–Crippen MR) is 179 cm³/mol. The van der Waals surface area contributed by atoms with Crippen LogP contribution >= 0.6 is 0 Å². The fourth-order valence-corrected chi connectivity index (χ4v) is 5.89. The lowest BCUT2D eigenvalue weighted by atomic mass is 9.92. The minimum Gasteiger partial charge on any atom is -0.458 e. The first-order valence-electron chi connectivity index (χ1n) is 16.5. The van der Waals surface area contributed by atoms with Crippen molar-refractivity contribution in [1.82, 2.24) is 0 Å². The van der Waals surface area contributed by atoms with Crippen molar-refractivity contribution in [1.29, 1.82) is 0 Å². The first-order chi connectivity index (χ1) is 23.3. The van der Waals surface area contributed by atoms with Gasteiger partial charge in [-0.05, 0) is 43.0 Å². The van der Waals surface area contributed by atoms with Gasteiger partial charge in [-0.25, -0.2) is 4.79 Å². The molecule has 6 atom stereocenters. The minimum atomic E-state index is -1.47. The van der Waals surface area contributed by atoms with Crippen LogP contribution in [0.1, 0.15) is 43.0 Å². The second-order valence-electron chi connectivity index (χ2n) is 13.1. The number of hydrogen-bond donors (Lipinski definition) is 0. The van der Waals surface area contributed by atoms with Gasteiger partial charge in [-0.1, -0.05) is 121 Å². The molecule has 2 aliphatic rings. The molecule has 2 saturated heterocycles. The van der Waals surface area contributed by atoms with E-state index in [1.807, 2.05) is 142 Å². The highest BCUT2D eigenvalue weighted by Crippen LogP contribution is 2.51. The Morgan fingerprint density at radius 3 is 1.52 bits per heavy atom. The standard InChI is InChI=1S/C40H44O8/c1-39(2,3)48-38(41)37-40(47-37)36(45-27-32-22-14-7-15-23-32)35(44-26-31-20-12-6-13-21-31)34(43-25-30-18-10-5-11-19-30)33(46-40)28-42-24-29-16-8-4-9-17-29/h4-23,33-37H,24-28H2,1-3H3/t33-,34-,35+,36-,37+,40-/m1/s1. The van der Waals surface area contributed by atoms with Gasteiger partial charge in [0.2, 0.25) is 11.9 Å². The third-order valence-electron chi connectivity index (χ3n) is 8.19. The van der Waals surface area contributed by atoms with Gasteiger partial charge in [-0.15, -0.1) is 0 Å². The predicted octanol–water partition coefficient (Wildman–Crippen LogP) is 6.80. The monoisotopic (exact) mass is 652 g/mol. The summed E-state index contributed by atoms with van der Waals surface area (Å²) in [7, 11) is 0. The van der Waals surface area contributed by atoms with Gasteiger partial charge in [0.05, 0.1) is 33.0 Å². The fraction of sp³-hybridized carbons (Fsp3) is 0.375. The molecule has 0 saturated carbocycles. The maximum atomic E-state index is 13.5. The van der Waals surface area contributed by atoms with E-state index in [9.17, 15) is 4.79 Å². The molecule has 0 radical (unpaired) electrons. The van der Waals surface area contributed by atoms with Crippen LogP contribution in [0.25, 0.3) is 0 Å². The van der Waals surface area contributed by atoms with Crippen LogP contribution in [0.4, 0.5) is 0 Å². The third-order valence-corrected chi connectivity index (χ3v) is 8.19. The Kier molecular flexibility index (Phi) is 11.0. The van der Waals surface area contributed by atoms with Crippen LogP contribution in [0.15, 0.2) is 121 Å². The van der Waals surface area contributed by atoms with E-state index in [-0.39, 0.29) is 19.8 Å². The molecule has 0 N–H and O–H groups in total. The van der Waals surface area contributed by atoms with Gasteiger partial charge in [-0.2, -0.15) is 0 Å². The van der Waals surface area contributed by atoms with Gasteiger partial charge in [0.25, 0.3) is 0 Å². The molecule has 2 heterocycles. The number of esters is 1. The first kappa shape index (κ1) is 34.0. The highest BCUT2D eigenvalue weighted by Gasteiger charge is 2.75. The lowest BCUT2D eigenvalue weighted by molar-refractivity contribution is -0.304. The zero-order chi connectivity index (χ0) is 33.4. The summed E-state index contributed by atoms with van der Waals surface area (Å²) in [5, 5.41) is 0. The van der Waals surface area contributed by atoms with Crippen LogP contribution < -0.4 is 0 Å². The van der Waals surface area contributed by atoms with E-state index in [0.29, 0.717) is 13.2 Å². The summed E-state index contributed by atoms with van der Waals surface area (Å²) in [6, 6.07) is 39.6. The molecule has 252 valence electrons. The van der Waals surface area contributed by atoms with E-state index in [1.54, 1.807) is 0 Å². The topological polar surface area (TPSA) is 85.0 Å². The first-order valence-corrected chi connectivity index (χ1v) is 16.5. The fourth-order valence-electron chi connectivity index (χ4n) is 5.89. The Hall–Kier alpha value is -3.89. The highest BCUT2D eigenvalue weighted by molar-refractivity contribution is 5.79. The number of carbonyl (C=O) groups is 1. The molecular formula is C40H44O8. The van der Waals surface area contributed by atoms with Crippen molar-refractivity contribution >= 4 is 5.97 Å². The van der Waals surface area contributed by atoms with Crippen LogP contribution in [-0.4, -0.2) is 54.5 Å². The van der Waals surface area contributed by atoms with Crippen molar-refractivity contribution in [2.45, 2.75) is 89.1 Å². The smallest absolute Gasteiger partial charge is 0.341 e. The summed E-state index contributed by atoms with van der Waals surface area (Å²) >= 11 is 0. The third kappa shape index (κ3) is 8.76. The Balaban J connectivity index is 1.34. The quantitative estimate of drug-likeness (QED) is 0.109. The largest absolute Gasteiger partial charge is 0.458 e. The molecule has 8 nitrogen and oxygen atoms in total. The van der Waals surface area contributed by atoms with Gasteiger partial charge in [0.1, 0.15) is 30.0 Å². The van der Waals surface area contributed by atoms with Gasteiger partial charge < -0.3 is 33.2 Å². The van der Waals surface area contributed by atoms with Crippen LogP contribution in [0, 0.1) is 0 Å². The van der Waals surface area contributed by atoms with Crippen LogP contribution in [0.5, 0.6) is 0 Å². The normalized spacial score (nSPS) is 25.1. The molecule has 4 aromatic carbocycles. The number of ether oxygens (including phenoxy) is 7. The number of hydrogen-bond acceptors (Lipinski definition) is 8. The highest BCUT2D eigenvalue weighted by atomic mass is 16.8. The Morgan fingerprint density at radius 2 is 1.04 bits per heavy atom. The van der Waals surface area contributed by atoms with Crippen molar-refractivity contribution in [3.05, 3.63) is 144 Å². The molecule has 2 aliphatic heterocycles. The average Bonchev–Trinajstić information content (AvgIpc) is 3.82. The Bertz CT molecular complexity index is 1560. The number of epoxide rings is 1. The van der Waals surface area contributed by atoms with Gasteiger partial charge >= 0.3 is 5.97 Å². The van der Waals surface area contributed by atoms with Gasteiger partial charge in [0, 0.05) is 0 Å². The van der Waals surface area contributed by atoms with Crippen molar-refractivity contribution in [3.63, 3.8) is 0 Å². The van der Waals surface area contributed by atoms with E-state index >= 15 is 0 Å². The summed E-state index contributed by atoms with van der Waals surface area (Å²) < 4.78 is 45.1. The van der Waals surface area contributed by atoms with Crippen LogP contribution in [0.3, 0.4) is 0 Å². The van der Waals surface area contributed by atoms with Crippen LogP contribution in [-0.2, 0) is 64.4 Å². The minimum absolute atomic E-state index is 0.164. The Morgan fingerprint density at radius 1 is 0.604 bits per heavy atom. The maximum absolute atomic E-state index is 13.5. The molecule has 48 heavy (non-hydrogen) atoms. The second kappa shape index (κ2) is 15.6. The van der Waals surface area contributed by atoms with Crippen molar-refractivity contribution < 1.29 is 38.0 Å². The molecule has 0 unspecified atom stereocenters. The van der Waals surface area contributed by atoms with E-state index in [4.69, 9.17) is 33.2 Å². The summed E-state index contributed by atoms with van der Waals surface area (Å²) in [6.45, 7) is 6.85. The molecule has 2 fully saturated rings. The lowest BCUT2D eigenvalue weighted by Gasteiger charge is -2.45. The van der Waals surface area contributed by atoms with Crippen LogP contribution in [0.2, 0.25) is 0 Å². The maximum Gasteiger partial charge on any atom is 0.341 e. The van der Waals surface area contributed by atoms with E-state index in [1.165, 1.54) is 0 Å². The summed E-state index contributed by atoms with van der Waals surface area (Å²) in [5.41, 5.74) is 3.25. The van der Waals surface area contributed by atoms with Crippen molar-refractivity contribution in [2.24, 2.45) is 0 Å². The van der Waals surface area contributed by atoms with Gasteiger partial charge in [-0.3, -0.25) is 0 Å². The summed E-state index contributed by atoms with van der Waals surface area (Å²) in [6.07, 6.45) is -3.87. The SMILES string of the molecule is CC(C)(C)OC(=O)[C@@H]1O[C@@]12O[C@H](COCc1ccccc1)[C@@H](OCc1ccccc1)[C@H](OCc1ccccc1)[C@H]2OCc1ccccc1. The van der Waals surface area contributed by atoms with Crippen molar-refractivity contribution in [2.75, 3.05) is 6.61 Å². The number of benzene rings is 4. The zero-order valence-corrected chi connectivity index (χ0v) is 27.7. The van der Waals surface area contributed by atoms with E-state index in [2.05, 4.69) is 0 Å². The van der Waals surface area contributed by atoms with E-state index in [0.717, 1.165) is 22.3 Å². The summed E-state index contributed by atoms with van der Waals surface area (Å²) in [4.78, 5) is 13.5. The van der Waals surface area contributed by atoms with E-state index < -0.39 is 47.9 Å². The molecule has 4 aromatic rings. The number of carbonyl (C=O) groups excluding carboxylic acids is 1. The molecule has 0 bridgehead atoms. The lowest BCUT2D eigenvalue weighted by Crippen LogP contribution is -2.64. The van der Waals surface area contributed by atoms with Gasteiger partial charge in [0.15, 0.2) is 0 Å². The zero-order valence-electron chi connectivity index (χ0n) is 27.7. The molecule has 0 aromatic heterocycles. The summed E-state index contributed by atoms with van der Waals surface area (Å²) in [5.74, 6) is -1.99. The molecule has 0 amide bonds. The van der Waals surface area contributed by atoms with Crippen molar-refractivity contribution in [3.8, 4) is 0 Å². The Labute approximate surface area is 282 Å². The average molecular weight is 653 g/mol. The molecular weight excluding hydrogens is 608 g/mol.